The smallest absolute Gasteiger partial charge is 0.215 e. The maximum Gasteiger partial charge on any atom is 0.215 e. The molecule has 0 N–H and O–H groups in total. The van der Waals surface area contributed by atoms with Crippen molar-refractivity contribution in [2.45, 2.75) is 6.92 Å². The SMILES string of the molecule is Cc1cc(-c2ccccc2F)cnc1F. The molecule has 0 unspecified atom stereocenters. The van der Waals surface area contributed by atoms with E-state index in [2.05, 4.69) is 4.98 Å². The summed E-state index contributed by atoms with van der Waals surface area (Å²) in [7, 11) is 0. The van der Waals surface area contributed by atoms with Crippen molar-refractivity contribution in [3.8, 4) is 11.1 Å². The maximum atomic E-state index is 13.4. The van der Waals surface area contributed by atoms with E-state index in [1.807, 2.05) is 0 Å². The van der Waals surface area contributed by atoms with Crippen LogP contribution in [0.1, 0.15) is 5.56 Å². The molecule has 3 heteroatoms. The zero-order valence-electron chi connectivity index (χ0n) is 8.17. The molecule has 1 heterocycles. The Morgan fingerprint density at radius 1 is 1.13 bits per heavy atom. The highest BCUT2D eigenvalue weighted by atomic mass is 19.1. The van der Waals surface area contributed by atoms with Gasteiger partial charge in [0.15, 0.2) is 0 Å². The van der Waals surface area contributed by atoms with E-state index in [0.717, 1.165) is 0 Å². The van der Waals surface area contributed by atoms with Crippen molar-refractivity contribution in [1.82, 2.24) is 4.98 Å². The highest BCUT2D eigenvalue weighted by molar-refractivity contribution is 5.63. The van der Waals surface area contributed by atoms with E-state index >= 15 is 0 Å². The van der Waals surface area contributed by atoms with Crippen LogP contribution in [0, 0.1) is 18.7 Å². The molecule has 2 aromatic rings. The minimum Gasteiger partial charge on any atom is -0.227 e. The molecule has 0 aliphatic carbocycles. The monoisotopic (exact) mass is 205 g/mol. The van der Waals surface area contributed by atoms with Gasteiger partial charge in [0, 0.05) is 22.9 Å². The Bertz CT molecular complexity index is 495. The van der Waals surface area contributed by atoms with Crippen molar-refractivity contribution >= 4 is 0 Å². The summed E-state index contributed by atoms with van der Waals surface area (Å²) in [4.78, 5) is 3.56. The molecule has 0 aliphatic rings. The fraction of sp³-hybridized carbons (Fsp3) is 0.0833. The second-order valence-corrected chi connectivity index (χ2v) is 3.31. The van der Waals surface area contributed by atoms with Crippen molar-refractivity contribution in [2.24, 2.45) is 0 Å². The van der Waals surface area contributed by atoms with Crippen LogP contribution < -0.4 is 0 Å². The number of rotatable bonds is 1. The lowest BCUT2D eigenvalue weighted by Crippen LogP contribution is -1.90. The van der Waals surface area contributed by atoms with Crippen molar-refractivity contribution in [2.75, 3.05) is 0 Å². The zero-order valence-corrected chi connectivity index (χ0v) is 8.17. The molecule has 0 radical (unpaired) electrons. The minimum atomic E-state index is -0.518. The van der Waals surface area contributed by atoms with Gasteiger partial charge in [0.2, 0.25) is 5.95 Å². The fourth-order valence-corrected chi connectivity index (χ4v) is 1.40. The molecule has 0 atom stereocenters. The van der Waals surface area contributed by atoms with Gasteiger partial charge in [-0.3, -0.25) is 0 Å². The van der Waals surface area contributed by atoms with Crippen molar-refractivity contribution in [3.63, 3.8) is 0 Å². The average Bonchev–Trinajstić information content (AvgIpc) is 2.23. The highest BCUT2D eigenvalue weighted by Crippen LogP contribution is 2.22. The molecule has 1 aromatic heterocycles. The summed E-state index contributed by atoms with van der Waals surface area (Å²) in [5.74, 6) is -0.847. The molecule has 1 nitrogen and oxygen atoms in total. The van der Waals surface area contributed by atoms with Gasteiger partial charge in [0.1, 0.15) is 5.82 Å². The third-order valence-electron chi connectivity index (χ3n) is 2.20. The van der Waals surface area contributed by atoms with Gasteiger partial charge in [-0.1, -0.05) is 18.2 Å². The van der Waals surface area contributed by atoms with Gasteiger partial charge in [0.05, 0.1) is 0 Å². The molecular weight excluding hydrogens is 196 g/mol. The van der Waals surface area contributed by atoms with Gasteiger partial charge in [-0.05, 0) is 19.1 Å². The van der Waals surface area contributed by atoms with Crippen LogP contribution in [0.25, 0.3) is 11.1 Å². The van der Waals surface area contributed by atoms with E-state index in [4.69, 9.17) is 0 Å². The Hall–Kier alpha value is -1.77. The number of nitrogens with zero attached hydrogens (tertiary/aromatic N) is 1. The van der Waals surface area contributed by atoms with Gasteiger partial charge in [-0.15, -0.1) is 0 Å². The number of aromatic nitrogens is 1. The predicted octanol–water partition coefficient (Wildman–Crippen LogP) is 3.34. The average molecular weight is 205 g/mol. The summed E-state index contributed by atoms with van der Waals surface area (Å²) in [6.45, 7) is 1.60. The second kappa shape index (κ2) is 3.77. The van der Waals surface area contributed by atoms with Crippen LogP contribution in [0.5, 0.6) is 0 Å². The van der Waals surface area contributed by atoms with Crippen LogP contribution >= 0.6 is 0 Å². The summed E-state index contributed by atoms with van der Waals surface area (Å²) in [6, 6.07) is 7.94. The van der Waals surface area contributed by atoms with E-state index in [1.54, 1.807) is 31.2 Å². The third-order valence-corrected chi connectivity index (χ3v) is 2.20. The number of aryl methyl sites for hydroxylation is 1. The molecule has 76 valence electrons. The van der Waals surface area contributed by atoms with Crippen LogP contribution in [0.4, 0.5) is 8.78 Å². The zero-order chi connectivity index (χ0) is 10.8. The van der Waals surface area contributed by atoms with Crippen LogP contribution in [0.15, 0.2) is 36.5 Å². The lowest BCUT2D eigenvalue weighted by Gasteiger charge is -2.03. The van der Waals surface area contributed by atoms with Crippen LogP contribution in [-0.4, -0.2) is 4.98 Å². The molecule has 0 aliphatic heterocycles. The molecule has 1 aromatic carbocycles. The van der Waals surface area contributed by atoms with Crippen LogP contribution in [-0.2, 0) is 0 Å². The Balaban J connectivity index is 2.55. The molecular formula is C12H9F2N. The third kappa shape index (κ3) is 1.86. The first-order valence-corrected chi connectivity index (χ1v) is 4.55. The lowest BCUT2D eigenvalue weighted by molar-refractivity contribution is 0.574. The molecule has 0 saturated heterocycles. The number of halogens is 2. The lowest BCUT2D eigenvalue weighted by atomic mass is 10.1. The topological polar surface area (TPSA) is 12.9 Å². The molecule has 0 spiro atoms. The van der Waals surface area contributed by atoms with Crippen molar-refractivity contribution in [1.29, 1.82) is 0 Å². The van der Waals surface area contributed by atoms with Gasteiger partial charge < -0.3 is 0 Å². The van der Waals surface area contributed by atoms with E-state index in [9.17, 15) is 8.78 Å². The second-order valence-electron chi connectivity index (χ2n) is 3.31. The molecule has 2 rings (SSSR count). The number of benzene rings is 1. The molecule has 0 amide bonds. The number of hydrogen-bond acceptors (Lipinski definition) is 1. The minimum absolute atomic E-state index is 0.328. The Morgan fingerprint density at radius 3 is 2.53 bits per heavy atom. The van der Waals surface area contributed by atoms with Crippen molar-refractivity contribution in [3.05, 3.63) is 53.9 Å². The Morgan fingerprint density at radius 2 is 1.87 bits per heavy atom. The molecule has 0 bridgehead atoms. The summed E-state index contributed by atoms with van der Waals surface area (Å²) in [5, 5.41) is 0. The summed E-state index contributed by atoms with van der Waals surface area (Å²) in [5.41, 5.74) is 1.44. The first kappa shape index (κ1) is 9.77. The molecule has 15 heavy (non-hydrogen) atoms. The normalized spacial score (nSPS) is 10.3. The van der Waals surface area contributed by atoms with Gasteiger partial charge in [-0.25, -0.2) is 9.37 Å². The standard InChI is InChI=1S/C12H9F2N/c1-8-6-9(7-15-12(8)14)10-4-2-3-5-11(10)13/h2-7H,1H3. The van der Waals surface area contributed by atoms with Gasteiger partial charge in [0.25, 0.3) is 0 Å². The Kier molecular flexibility index (Phi) is 2.46. The van der Waals surface area contributed by atoms with E-state index in [-0.39, 0.29) is 5.82 Å². The summed E-state index contributed by atoms with van der Waals surface area (Å²) >= 11 is 0. The maximum absolute atomic E-state index is 13.4. The fourth-order valence-electron chi connectivity index (χ4n) is 1.40. The molecule has 0 fully saturated rings. The van der Waals surface area contributed by atoms with E-state index in [1.165, 1.54) is 12.3 Å². The predicted molar refractivity (Wildman–Crippen MR) is 54.3 cm³/mol. The first-order valence-electron chi connectivity index (χ1n) is 4.55. The molecule has 0 saturated carbocycles. The first-order chi connectivity index (χ1) is 7.18. The van der Waals surface area contributed by atoms with Crippen molar-refractivity contribution < 1.29 is 8.78 Å². The van der Waals surface area contributed by atoms with E-state index in [0.29, 0.717) is 16.7 Å². The summed E-state index contributed by atoms with van der Waals surface area (Å²) in [6.07, 6.45) is 1.33. The largest absolute Gasteiger partial charge is 0.227 e. The number of hydrogen-bond donors (Lipinski definition) is 0. The van der Waals surface area contributed by atoms with Gasteiger partial charge in [-0.2, -0.15) is 4.39 Å². The number of pyridine rings is 1. The van der Waals surface area contributed by atoms with Crippen LogP contribution in [0.2, 0.25) is 0 Å². The highest BCUT2D eigenvalue weighted by Gasteiger charge is 2.06. The quantitative estimate of drug-likeness (QED) is 0.650. The summed E-state index contributed by atoms with van der Waals surface area (Å²) < 4.78 is 26.3. The van der Waals surface area contributed by atoms with Crippen LogP contribution in [0.3, 0.4) is 0 Å². The van der Waals surface area contributed by atoms with E-state index < -0.39 is 5.95 Å². The van der Waals surface area contributed by atoms with Gasteiger partial charge >= 0.3 is 0 Å². The Labute approximate surface area is 86.4 Å².